The number of amides is 1. The largest absolute Gasteiger partial charge is 0.287 e. The van der Waals surface area contributed by atoms with Crippen LogP contribution in [-0.2, 0) is 4.79 Å². The molecule has 0 fully saturated rings. The van der Waals surface area contributed by atoms with E-state index < -0.39 is 0 Å². The average molecular weight is 70.1 g/mol. The van der Waals surface area contributed by atoms with E-state index in [1.165, 1.54) is 0 Å². The fourth-order valence-corrected chi connectivity index (χ4v) is 0.128. The number of nitrogens with zero attached hydrogens (tertiary/aromatic N) is 2. The van der Waals surface area contributed by atoms with Crippen molar-refractivity contribution in [2.75, 3.05) is 6.54 Å². The van der Waals surface area contributed by atoms with Crippen molar-refractivity contribution in [3.05, 3.63) is 0 Å². The Hall–Kier alpha value is -0.730. The molecule has 1 rings (SSSR count). The molecule has 0 aromatic rings. The molecular weight excluding hydrogens is 68.0 g/mol. The summed E-state index contributed by atoms with van der Waals surface area (Å²) in [4.78, 5) is 9.64. The van der Waals surface area contributed by atoms with Crippen molar-refractivity contribution in [3.63, 3.8) is 0 Å². The van der Waals surface area contributed by atoms with Crippen molar-refractivity contribution in [2.45, 2.75) is 0 Å². The highest BCUT2D eigenvalue weighted by Crippen LogP contribution is 1.89. The number of carbonyl (C=O) groups excluding carboxylic acids is 1. The molecule has 0 unspecified atom stereocenters. The third kappa shape index (κ3) is 0.190. The number of carbonyl (C=O) groups is 1. The Morgan fingerprint density at radius 3 is 2.20 bits per heavy atom. The zero-order valence-corrected chi connectivity index (χ0v) is 2.51. The van der Waals surface area contributed by atoms with Crippen LogP contribution < -0.4 is 0 Å². The van der Waals surface area contributed by atoms with Gasteiger partial charge in [0.2, 0.25) is 0 Å². The number of rotatable bonds is 0. The second kappa shape index (κ2) is 0.607. The van der Waals surface area contributed by atoms with Gasteiger partial charge >= 0.3 is 0 Å². The summed E-state index contributed by atoms with van der Waals surface area (Å²) in [6.45, 7) is 0.306. The van der Waals surface area contributed by atoms with E-state index in [9.17, 15) is 4.79 Å². The van der Waals surface area contributed by atoms with Gasteiger partial charge in [0.05, 0.1) is 0 Å². The molecule has 3 nitrogen and oxygen atoms in total. The fraction of sp³-hybridized carbons (Fsp3) is 0.500. The first-order valence-electron chi connectivity index (χ1n) is 1.30. The van der Waals surface area contributed by atoms with Crippen LogP contribution in [0.5, 0.6) is 0 Å². The van der Waals surface area contributed by atoms with Gasteiger partial charge in [-0.25, -0.2) is 0 Å². The lowest BCUT2D eigenvalue weighted by atomic mass is 10.6. The quantitative estimate of drug-likeness (QED) is 0.395. The van der Waals surface area contributed by atoms with E-state index in [4.69, 9.17) is 0 Å². The van der Waals surface area contributed by atoms with Crippen molar-refractivity contribution in [3.8, 4) is 0 Å². The molecule has 0 radical (unpaired) electrons. The van der Waals surface area contributed by atoms with Crippen LogP contribution in [0.3, 0.4) is 0 Å². The van der Waals surface area contributed by atoms with Crippen molar-refractivity contribution < 1.29 is 4.79 Å². The molecule has 1 aliphatic heterocycles. The maximum Gasteiger partial charge on any atom is 0.287 e. The van der Waals surface area contributed by atoms with Crippen LogP contribution in [0.2, 0.25) is 0 Å². The lowest BCUT2D eigenvalue weighted by Crippen LogP contribution is -2.04. The summed E-state index contributed by atoms with van der Waals surface area (Å²) in [5, 5.41) is 6.33. The molecule has 0 spiro atoms. The molecule has 0 aromatic carbocycles. The van der Waals surface area contributed by atoms with Crippen LogP contribution in [0.15, 0.2) is 10.2 Å². The second-order valence-electron chi connectivity index (χ2n) is 0.793. The Morgan fingerprint density at radius 2 is 2.20 bits per heavy atom. The van der Waals surface area contributed by atoms with E-state index >= 15 is 0 Å². The highest BCUT2D eigenvalue weighted by molar-refractivity contribution is 5.81. The van der Waals surface area contributed by atoms with Crippen LogP contribution in [0.1, 0.15) is 0 Å². The summed E-state index contributed by atoms with van der Waals surface area (Å²) < 4.78 is 0. The van der Waals surface area contributed by atoms with Gasteiger partial charge in [-0.15, -0.1) is 5.11 Å². The number of hydrogen-bond donors (Lipinski definition) is 0. The number of azo groups is 1. The third-order valence-corrected chi connectivity index (χ3v) is 0.388. The molecule has 0 aromatic heterocycles. The molecule has 0 aliphatic carbocycles. The predicted molar refractivity (Wildman–Crippen MR) is 14.7 cm³/mol. The molecule has 3 heteroatoms. The smallest absolute Gasteiger partial charge is 0.269 e. The lowest BCUT2D eigenvalue weighted by Gasteiger charge is -1.90. The Labute approximate surface area is 28.7 Å². The summed E-state index contributed by atoms with van der Waals surface area (Å²) in [7, 11) is 0. The molecule has 0 bridgehead atoms. The highest BCUT2D eigenvalue weighted by atomic mass is 16.2. The minimum atomic E-state index is -0.106. The lowest BCUT2D eigenvalue weighted by molar-refractivity contribution is -0.119. The molecule has 0 N–H and O–H groups in total. The van der Waals surface area contributed by atoms with Crippen LogP contribution in [0, 0.1) is 0 Å². The van der Waals surface area contributed by atoms with Crippen LogP contribution in [0.25, 0.3) is 0 Å². The van der Waals surface area contributed by atoms with E-state index in [1.807, 2.05) is 0 Å². The first-order valence-corrected chi connectivity index (χ1v) is 1.30. The van der Waals surface area contributed by atoms with Gasteiger partial charge in [-0.3, -0.25) is 4.79 Å². The molecule has 0 atom stereocenters. The Balaban J connectivity index is 2.71. The molecule has 5 heavy (non-hydrogen) atoms. The third-order valence-electron chi connectivity index (χ3n) is 0.388. The molecule has 0 saturated carbocycles. The fourth-order valence-electron chi connectivity index (χ4n) is 0.128. The van der Waals surface area contributed by atoms with Gasteiger partial charge in [0.25, 0.3) is 5.91 Å². The first-order chi connectivity index (χ1) is 2.39. The van der Waals surface area contributed by atoms with Gasteiger partial charge in [-0.1, -0.05) is 0 Å². The monoisotopic (exact) mass is 70.0 g/mol. The van der Waals surface area contributed by atoms with Crippen molar-refractivity contribution in [2.24, 2.45) is 10.2 Å². The standard InChI is InChI=1S/C2H2N2O/c5-2-1-3-4-2/h1H2. The van der Waals surface area contributed by atoms with Gasteiger partial charge < -0.3 is 0 Å². The van der Waals surface area contributed by atoms with Crippen LogP contribution >= 0.6 is 0 Å². The van der Waals surface area contributed by atoms with Crippen molar-refractivity contribution >= 4 is 5.91 Å². The van der Waals surface area contributed by atoms with E-state index in [2.05, 4.69) is 10.2 Å². The van der Waals surface area contributed by atoms with E-state index in [-0.39, 0.29) is 5.91 Å². The molecule has 1 amide bonds. The van der Waals surface area contributed by atoms with Gasteiger partial charge in [0, 0.05) is 0 Å². The van der Waals surface area contributed by atoms with Gasteiger partial charge in [0.1, 0.15) is 6.54 Å². The molecule has 0 saturated heterocycles. The average Bonchev–Trinajstić information content (AvgIpc) is 1.30. The Bertz CT molecular complexity index is 85.6. The normalized spacial score (nSPS) is 18.8. The Morgan fingerprint density at radius 1 is 1.80 bits per heavy atom. The van der Waals surface area contributed by atoms with Gasteiger partial charge in [-0.2, -0.15) is 5.11 Å². The van der Waals surface area contributed by atoms with Gasteiger partial charge in [-0.05, 0) is 0 Å². The van der Waals surface area contributed by atoms with Crippen LogP contribution in [-0.4, -0.2) is 12.5 Å². The van der Waals surface area contributed by atoms with E-state index in [0.29, 0.717) is 6.54 Å². The van der Waals surface area contributed by atoms with Crippen molar-refractivity contribution in [1.29, 1.82) is 0 Å². The zero-order chi connectivity index (χ0) is 3.70. The van der Waals surface area contributed by atoms with E-state index in [0.717, 1.165) is 0 Å². The first kappa shape index (κ1) is 2.50. The van der Waals surface area contributed by atoms with E-state index in [1.54, 1.807) is 0 Å². The molecule has 26 valence electrons. The summed E-state index contributed by atoms with van der Waals surface area (Å²) in [6, 6.07) is 0. The highest BCUT2D eigenvalue weighted by Gasteiger charge is 2.03. The topological polar surface area (TPSA) is 41.8 Å². The minimum Gasteiger partial charge on any atom is -0.269 e. The Kier molecular flexibility index (Phi) is 0.304. The predicted octanol–water partition coefficient (Wildman–Crippen LogP) is -0.0212. The number of hydrogen-bond acceptors (Lipinski definition) is 2. The molecule has 1 aliphatic rings. The molecule has 1 heterocycles. The maximum atomic E-state index is 9.64. The SMILES string of the molecule is O=C1CN=N1. The second-order valence-corrected chi connectivity index (χ2v) is 0.793. The van der Waals surface area contributed by atoms with Gasteiger partial charge in [0.15, 0.2) is 0 Å². The van der Waals surface area contributed by atoms with Crippen LogP contribution in [0.4, 0.5) is 0 Å². The minimum absolute atomic E-state index is 0.106. The summed E-state index contributed by atoms with van der Waals surface area (Å²) in [5.74, 6) is -0.106. The van der Waals surface area contributed by atoms with Crippen molar-refractivity contribution in [1.82, 2.24) is 0 Å². The molecular formula is C2H2N2O. The summed E-state index contributed by atoms with van der Waals surface area (Å²) in [5.41, 5.74) is 0. The zero-order valence-electron chi connectivity index (χ0n) is 2.51. The summed E-state index contributed by atoms with van der Waals surface area (Å²) in [6.07, 6.45) is 0. The summed E-state index contributed by atoms with van der Waals surface area (Å²) >= 11 is 0. The maximum absolute atomic E-state index is 9.64.